The van der Waals surface area contributed by atoms with Crippen molar-refractivity contribution < 1.29 is 4.79 Å². The van der Waals surface area contributed by atoms with Gasteiger partial charge in [0.2, 0.25) is 0 Å². The molecule has 27 heavy (non-hydrogen) atoms. The molecule has 4 rings (SSSR count). The fourth-order valence-corrected chi connectivity index (χ4v) is 3.20. The van der Waals surface area contributed by atoms with Gasteiger partial charge in [0, 0.05) is 27.4 Å². The van der Waals surface area contributed by atoms with Crippen molar-refractivity contribution in [2.24, 2.45) is 0 Å². The third-order valence-corrected chi connectivity index (χ3v) is 4.67. The zero-order chi connectivity index (χ0) is 18.8. The van der Waals surface area contributed by atoms with Crippen LogP contribution in [0.5, 0.6) is 0 Å². The molecule has 2 aromatic carbocycles. The summed E-state index contributed by atoms with van der Waals surface area (Å²) in [7, 11) is 0. The molecule has 0 unspecified atom stereocenters. The Hall–Kier alpha value is -2.88. The molecule has 132 valence electrons. The quantitative estimate of drug-likeness (QED) is 0.305. The van der Waals surface area contributed by atoms with Crippen LogP contribution in [0.4, 0.5) is 0 Å². The number of ketones is 1. The summed E-state index contributed by atoms with van der Waals surface area (Å²) in [5, 5.41) is 1.20. The summed E-state index contributed by atoms with van der Waals surface area (Å²) in [6.07, 6.45) is 5.25. The highest BCUT2D eigenvalue weighted by molar-refractivity contribution is 6.31. The van der Waals surface area contributed by atoms with Crippen molar-refractivity contribution in [1.82, 2.24) is 9.38 Å². The summed E-state index contributed by atoms with van der Waals surface area (Å²) in [6, 6.07) is 20.2. The molecule has 5 heteroatoms. The number of rotatable bonds is 4. The van der Waals surface area contributed by atoms with Crippen molar-refractivity contribution in [3.63, 3.8) is 0 Å². The van der Waals surface area contributed by atoms with E-state index < -0.39 is 0 Å². The Labute approximate surface area is 166 Å². The summed E-state index contributed by atoms with van der Waals surface area (Å²) in [6.45, 7) is 0. The summed E-state index contributed by atoms with van der Waals surface area (Å²) >= 11 is 12.0. The SMILES string of the molecule is O=C(/C=C/c1c(-c2ccc(Cl)cc2)nc2ccccn12)c1cccc(Cl)c1. The van der Waals surface area contributed by atoms with Crippen LogP contribution in [0.2, 0.25) is 10.0 Å². The number of carbonyl (C=O) groups is 1. The molecule has 0 aliphatic carbocycles. The van der Waals surface area contributed by atoms with E-state index in [1.807, 2.05) is 53.1 Å². The Bertz CT molecular complexity index is 1160. The fraction of sp³-hybridized carbons (Fsp3) is 0. The smallest absolute Gasteiger partial charge is 0.185 e. The molecule has 0 spiro atoms. The molecule has 3 nitrogen and oxygen atoms in total. The standard InChI is InChI=1S/C22H14Cl2N2O/c23-17-9-7-15(8-10-17)22-19(26-13-2-1-6-21(26)25-22)11-12-20(27)16-4-3-5-18(24)14-16/h1-14H/b12-11+. The van der Waals surface area contributed by atoms with Crippen molar-refractivity contribution in [3.05, 3.63) is 100 Å². The summed E-state index contributed by atoms with van der Waals surface area (Å²) in [5.74, 6) is -0.120. The van der Waals surface area contributed by atoms with Gasteiger partial charge in [-0.2, -0.15) is 0 Å². The highest BCUT2D eigenvalue weighted by Gasteiger charge is 2.12. The van der Waals surface area contributed by atoms with E-state index in [2.05, 4.69) is 0 Å². The minimum Gasteiger partial charge on any atom is -0.300 e. The summed E-state index contributed by atoms with van der Waals surface area (Å²) in [5.41, 5.74) is 3.88. The molecule has 0 radical (unpaired) electrons. The number of pyridine rings is 1. The van der Waals surface area contributed by atoms with E-state index in [9.17, 15) is 4.79 Å². The Morgan fingerprint density at radius 2 is 1.74 bits per heavy atom. The first kappa shape index (κ1) is 17.5. The Morgan fingerprint density at radius 1 is 0.926 bits per heavy atom. The number of fused-ring (bicyclic) bond motifs is 1. The van der Waals surface area contributed by atoms with Gasteiger partial charge in [-0.05, 0) is 48.6 Å². The Kier molecular flexibility index (Phi) is 4.80. The number of imidazole rings is 1. The number of hydrogen-bond donors (Lipinski definition) is 0. The minimum absolute atomic E-state index is 0.120. The van der Waals surface area contributed by atoms with Gasteiger partial charge in [-0.3, -0.25) is 9.20 Å². The third-order valence-electron chi connectivity index (χ3n) is 4.19. The van der Waals surface area contributed by atoms with E-state index in [-0.39, 0.29) is 5.78 Å². The van der Waals surface area contributed by atoms with Gasteiger partial charge in [-0.25, -0.2) is 4.98 Å². The first-order valence-electron chi connectivity index (χ1n) is 8.33. The van der Waals surface area contributed by atoms with Gasteiger partial charge in [-0.15, -0.1) is 0 Å². The van der Waals surface area contributed by atoms with Crippen molar-refractivity contribution in [2.75, 3.05) is 0 Å². The number of benzene rings is 2. The number of hydrogen-bond acceptors (Lipinski definition) is 2. The van der Waals surface area contributed by atoms with Crippen LogP contribution in [0, 0.1) is 0 Å². The number of aromatic nitrogens is 2. The average molecular weight is 393 g/mol. The normalized spacial score (nSPS) is 11.3. The molecule has 0 atom stereocenters. The number of halogens is 2. The maximum absolute atomic E-state index is 12.5. The first-order chi connectivity index (χ1) is 13.1. The molecular weight excluding hydrogens is 379 g/mol. The van der Waals surface area contributed by atoms with Gasteiger partial charge < -0.3 is 0 Å². The van der Waals surface area contributed by atoms with Crippen LogP contribution >= 0.6 is 23.2 Å². The summed E-state index contributed by atoms with van der Waals surface area (Å²) in [4.78, 5) is 17.2. The average Bonchev–Trinajstić information content (AvgIpc) is 3.05. The number of nitrogens with zero attached hydrogens (tertiary/aromatic N) is 2. The molecule has 0 bridgehead atoms. The van der Waals surface area contributed by atoms with E-state index in [1.165, 1.54) is 0 Å². The zero-order valence-electron chi connectivity index (χ0n) is 14.1. The maximum atomic E-state index is 12.5. The second-order valence-corrected chi connectivity index (χ2v) is 6.86. The van der Waals surface area contributed by atoms with Crippen LogP contribution in [0.15, 0.2) is 79.0 Å². The van der Waals surface area contributed by atoms with Gasteiger partial charge in [0.25, 0.3) is 0 Å². The highest BCUT2D eigenvalue weighted by atomic mass is 35.5. The Morgan fingerprint density at radius 3 is 2.52 bits per heavy atom. The van der Waals surface area contributed by atoms with Crippen molar-refractivity contribution >= 4 is 40.7 Å². The monoisotopic (exact) mass is 392 g/mol. The van der Waals surface area contributed by atoms with Crippen molar-refractivity contribution in [3.8, 4) is 11.3 Å². The molecule has 0 amide bonds. The second kappa shape index (κ2) is 7.39. The molecule has 2 aromatic heterocycles. The lowest BCUT2D eigenvalue weighted by Crippen LogP contribution is -1.94. The molecule has 0 aliphatic rings. The molecule has 0 aliphatic heterocycles. The molecule has 4 aromatic rings. The van der Waals surface area contributed by atoms with E-state index in [4.69, 9.17) is 28.2 Å². The van der Waals surface area contributed by atoms with Crippen LogP contribution in [0.25, 0.3) is 23.0 Å². The van der Waals surface area contributed by atoms with Gasteiger partial charge in [0.1, 0.15) is 5.65 Å². The van der Waals surface area contributed by atoms with Crippen LogP contribution < -0.4 is 0 Å². The number of carbonyl (C=O) groups excluding carboxylic acids is 1. The maximum Gasteiger partial charge on any atom is 0.185 e. The van der Waals surface area contributed by atoms with E-state index >= 15 is 0 Å². The molecule has 0 saturated heterocycles. The predicted octanol–water partition coefficient (Wildman–Crippen LogP) is 6.20. The largest absolute Gasteiger partial charge is 0.300 e. The molecular formula is C22H14Cl2N2O. The van der Waals surface area contributed by atoms with Crippen molar-refractivity contribution in [1.29, 1.82) is 0 Å². The summed E-state index contributed by atoms with van der Waals surface area (Å²) < 4.78 is 1.95. The first-order valence-corrected chi connectivity index (χ1v) is 9.08. The van der Waals surface area contributed by atoms with Gasteiger partial charge in [0.15, 0.2) is 5.78 Å². The molecule has 2 heterocycles. The van der Waals surface area contributed by atoms with Crippen LogP contribution in [-0.2, 0) is 0 Å². The van der Waals surface area contributed by atoms with Crippen LogP contribution in [0.3, 0.4) is 0 Å². The lowest BCUT2D eigenvalue weighted by atomic mass is 10.1. The number of allylic oxidation sites excluding steroid dienone is 1. The topological polar surface area (TPSA) is 34.4 Å². The Balaban J connectivity index is 1.79. The van der Waals surface area contributed by atoms with Crippen LogP contribution in [-0.4, -0.2) is 15.2 Å². The van der Waals surface area contributed by atoms with Gasteiger partial charge >= 0.3 is 0 Å². The third kappa shape index (κ3) is 3.65. The lowest BCUT2D eigenvalue weighted by Gasteiger charge is -2.02. The van der Waals surface area contributed by atoms with E-state index in [0.29, 0.717) is 15.6 Å². The zero-order valence-corrected chi connectivity index (χ0v) is 15.7. The highest BCUT2D eigenvalue weighted by Crippen LogP contribution is 2.27. The van der Waals surface area contributed by atoms with E-state index in [1.54, 1.807) is 36.4 Å². The van der Waals surface area contributed by atoms with E-state index in [0.717, 1.165) is 22.6 Å². The second-order valence-electron chi connectivity index (χ2n) is 5.99. The fourth-order valence-electron chi connectivity index (χ4n) is 2.89. The molecule has 0 fully saturated rings. The van der Waals surface area contributed by atoms with Gasteiger partial charge in [-0.1, -0.05) is 53.5 Å². The molecule has 0 N–H and O–H groups in total. The van der Waals surface area contributed by atoms with Crippen LogP contribution in [0.1, 0.15) is 16.1 Å². The van der Waals surface area contributed by atoms with Gasteiger partial charge in [0.05, 0.1) is 11.4 Å². The van der Waals surface area contributed by atoms with Crippen molar-refractivity contribution in [2.45, 2.75) is 0 Å². The predicted molar refractivity (Wildman–Crippen MR) is 110 cm³/mol. The lowest BCUT2D eigenvalue weighted by molar-refractivity contribution is 0.104. The minimum atomic E-state index is -0.120. The molecule has 0 saturated carbocycles.